The second kappa shape index (κ2) is 10.0. The van der Waals surface area contributed by atoms with Gasteiger partial charge in [0.15, 0.2) is 0 Å². The van der Waals surface area contributed by atoms with E-state index in [2.05, 4.69) is 12.1 Å². The summed E-state index contributed by atoms with van der Waals surface area (Å²) in [5.74, 6) is 0.613. The van der Waals surface area contributed by atoms with E-state index in [0.717, 1.165) is 32.1 Å². The third kappa shape index (κ3) is 7.58. The lowest BCUT2D eigenvalue weighted by Crippen LogP contribution is -2.08. The minimum Gasteiger partial charge on any atom is -0.330 e. The van der Waals surface area contributed by atoms with Crippen LogP contribution in [-0.4, -0.2) is 6.54 Å². The van der Waals surface area contributed by atoms with Gasteiger partial charge in [0.2, 0.25) is 0 Å². The predicted molar refractivity (Wildman–Crippen MR) is 56.1 cm³/mol. The molecule has 0 heterocycles. The average molecular weight is 193 g/mol. The number of nitrogens with zero attached hydrogens (tertiary/aromatic N) is 2. The first kappa shape index (κ1) is 12.9. The first-order valence-electron chi connectivity index (χ1n) is 5.29. The molecular weight excluding hydrogens is 174 g/mol. The fourth-order valence-electron chi connectivity index (χ4n) is 1.61. The topological polar surface area (TPSA) is 73.6 Å². The molecule has 0 saturated heterocycles. The van der Waals surface area contributed by atoms with Crippen molar-refractivity contribution in [1.82, 2.24) is 0 Å². The second-order valence-electron chi connectivity index (χ2n) is 3.54. The SMILES string of the molecule is N#CCCCC(CCN)CCCC#N. The highest BCUT2D eigenvalue weighted by Crippen LogP contribution is 2.18. The zero-order chi connectivity index (χ0) is 10.6. The van der Waals surface area contributed by atoms with Crippen LogP contribution in [0.25, 0.3) is 0 Å². The van der Waals surface area contributed by atoms with E-state index in [1.165, 1.54) is 0 Å². The third-order valence-corrected chi connectivity index (χ3v) is 2.38. The van der Waals surface area contributed by atoms with Crippen LogP contribution in [0.1, 0.15) is 44.9 Å². The fraction of sp³-hybridized carbons (Fsp3) is 0.818. The Morgan fingerprint density at radius 2 is 1.43 bits per heavy atom. The number of unbranched alkanes of at least 4 members (excludes halogenated alkanes) is 2. The summed E-state index contributed by atoms with van der Waals surface area (Å²) in [4.78, 5) is 0. The normalized spacial score (nSPS) is 9.71. The molecule has 0 aromatic rings. The molecule has 0 saturated carbocycles. The maximum absolute atomic E-state index is 8.41. The van der Waals surface area contributed by atoms with Crippen LogP contribution in [0, 0.1) is 28.6 Å². The first-order valence-corrected chi connectivity index (χ1v) is 5.29. The lowest BCUT2D eigenvalue weighted by molar-refractivity contribution is 0.406. The summed E-state index contributed by atoms with van der Waals surface area (Å²) >= 11 is 0. The van der Waals surface area contributed by atoms with Crippen LogP contribution in [0.4, 0.5) is 0 Å². The number of hydrogen-bond donors (Lipinski definition) is 1. The van der Waals surface area contributed by atoms with Gasteiger partial charge in [0.05, 0.1) is 12.1 Å². The molecule has 3 nitrogen and oxygen atoms in total. The van der Waals surface area contributed by atoms with Gasteiger partial charge in [-0.25, -0.2) is 0 Å². The van der Waals surface area contributed by atoms with E-state index in [4.69, 9.17) is 16.3 Å². The van der Waals surface area contributed by atoms with Crippen LogP contribution in [-0.2, 0) is 0 Å². The lowest BCUT2D eigenvalue weighted by Gasteiger charge is -2.13. The summed E-state index contributed by atoms with van der Waals surface area (Å²) < 4.78 is 0. The van der Waals surface area contributed by atoms with Crippen molar-refractivity contribution in [2.75, 3.05) is 6.54 Å². The Hall–Kier alpha value is -1.06. The van der Waals surface area contributed by atoms with E-state index in [9.17, 15) is 0 Å². The van der Waals surface area contributed by atoms with Crippen molar-refractivity contribution in [2.24, 2.45) is 11.7 Å². The van der Waals surface area contributed by atoms with Gasteiger partial charge in [0.25, 0.3) is 0 Å². The zero-order valence-electron chi connectivity index (χ0n) is 8.71. The van der Waals surface area contributed by atoms with Gasteiger partial charge < -0.3 is 5.73 Å². The summed E-state index contributed by atoms with van der Waals surface area (Å²) in [7, 11) is 0. The standard InChI is InChI=1S/C11H19N3/c12-8-3-1-5-11(7-10-14)6-2-4-9-13/h11H,1-7,10,14H2. The molecule has 0 bridgehead atoms. The molecule has 0 atom stereocenters. The molecule has 0 aromatic carbocycles. The van der Waals surface area contributed by atoms with Crippen molar-refractivity contribution in [3.63, 3.8) is 0 Å². The fourth-order valence-corrected chi connectivity index (χ4v) is 1.61. The molecular formula is C11H19N3. The monoisotopic (exact) mass is 193 g/mol. The number of rotatable bonds is 8. The quantitative estimate of drug-likeness (QED) is 0.601. The van der Waals surface area contributed by atoms with E-state index >= 15 is 0 Å². The molecule has 0 aliphatic carbocycles. The summed E-state index contributed by atoms with van der Waals surface area (Å²) in [6.45, 7) is 0.712. The Kier molecular flexibility index (Phi) is 9.26. The van der Waals surface area contributed by atoms with Crippen LogP contribution in [0.15, 0.2) is 0 Å². The molecule has 78 valence electrons. The van der Waals surface area contributed by atoms with Crippen molar-refractivity contribution < 1.29 is 0 Å². The van der Waals surface area contributed by atoms with Crippen LogP contribution in [0.3, 0.4) is 0 Å². The van der Waals surface area contributed by atoms with Gasteiger partial charge in [0, 0.05) is 12.8 Å². The molecule has 0 fully saturated rings. The Balaban J connectivity index is 3.56. The Labute approximate surface area is 86.5 Å². The van der Waals surface area contributed by atoms with Gasteiger partial charge in [-0.2, -0.15) is 10.5 Å². The van der Waals surface area contributed by atoms with Crippen molar-refractivity contribution >= 4 is 0 Å². The van der Waals surface area contributed by atoms with Gasteiger partial charge in [-0.1, -0.05) is 0 Å². The van der Waals surface area contributed by atoms with E-state index in [0.29, 0.717) is 25.3 Å². The predicted octanol–water partition coefficient (Wildman–Crippen LogP) is 2.34. The lowest BCUT2D eigenvalue weighted by atomic mass is 9.93. The van der Waals surface area contributed by atoms with Crippen molar-refractivity contribution in [3.8, 4) is 12.1 Å². The highest BCUT2D eigenvalue weighted by atomic mass is 14.5. The summed E-state index contributed by atoms with van der Waals surface area (Å²) in [6.07, 6.45) is 6.39. The van der Waals surface area contributed by atoms with Crippen LogP contribution < -0.4 is 5.73 Å². The van der Waals surface area contributed by atoms with Crippen LogP contribution in [0.5, 0.6) is 0 Å². The minimum atomic E-state index is 0.613. The van der Waals surface area contributed by atoms with E-state index in [-0.39, 0.29) is 0 Å². The van der Waals surface area contributed by atoms with E-state index < -0.39 is 0 Å². The maximum atomic E-state index is 8.41. The molecule has 0 unspecified atom stereocenters. The number of hydrogen-bond acceptors (Lipinski definition) is 3. The van der Waals surface area contributed by atoms with Gasteiger partial charge >= 0.3 is 0 Å². The van der Waals surface area contributed by atoms with Crippen molar-refractivity contribution in [3.05, 3.63) is 0 Å². The van der Waals surface area contributed by atoms with Gasteiger partial charge in [0.1, 0.15) is 0 Å². The molecule has 0 amide bonds. The maximum Gasteiger partial charge on any atom is 0.0621 e. The highest BCUT2D eigenvalue weighted by Gasteiger charge is 2.06. The molecule has 2 N–H and O–H groups in total. The summed E-state index contributed by atoms with van der Waals surface area (Å²) in [5.41, 5.74) is 5.51. The summed E-state index contributed by atoms with van der Waals surface area (Å²) in [6, 6.07) is 4.30. The second-order valence-corrected chi connectivity index (χ2v) is 3.54. The Bertz CT molecular complexity index is 180. The van der Waals surface area contributed by atoms with Crippen LogP contribution in [0.2, 0.25) is 0 Å². The Morgan fingerprint density at radius 1 is 0.929 bits per heavy atom. The molecule has 3 heteroatoms. The zero-order valence-corrected chi connectivity index (χ0v) is 8.71. The largest absolute Gasteiger partial charge is 0.330 e. The van der Waals surface area contributed by atoms with Gasteiger partial charge in [-0.15, -0.1) is 0 Å². The molecule has 0 aliphatic heterocycles. The minimum absolute atomic E-state index is 0.613. The average Bonchev–Trinajstić information content (AvgIpc) is 2.18. The highest BCUT2D eigenvalue weighted by molar-refractivity contribution is 4.73. The Morgan fingerprint density at radius 3 is 1.79 bits per heavy atom. The molecule has 0 aliphatic rings. The van der Waals surface area contributed by atoms with E-state index in [1.807, 2.05) is 0 Å². The third-order valence-electron chi connectivity index (χ3n) is 2.38. The van der Waals surface area contributed by atoms with Crippen molar-refractivity contribution in [2.45, 2.75) is 44.9 Å². The molecule has 0 aromatic heterocycles. The van der Waals surface area contributed by atoms with Gasteiger partial charge in [-0.3, -0.25) is 0 Å². The van der Waals surface area contributed by atoms with Gasteiger partial charge in [-0.05, 0) is 44.6 Å². The van der Waals surface area contributed by atoms with Crippen LogP contribution >= 0.6 is 0 Å². The smallest absolute Gasteiger partial charge is 0.0621 e. The molecule has 14 heavy (non-hydrogen) atoms. The molecule has 0 radical (unpaired) electrons. The molecule has 0 spiro atoms. The number of nitrogens with two attached hydrogens (primary N) is 1. The first-order chi connectivity index (χ1) is 6.85. The summed E-state index contributed by atoms with van der Waals surface area (Å²) in [5, 5.41) is 16.8. The van der Waals surface area contributed by atoms with Crippen molar-refractivity contribution in [1.29, 1.82) is 10.5 Å². The molecule has 0 rings (SSSR count). The van der Waals surface area contributed by atoms with E-state index in [1.54, 1.807) is 0 Å². The number of nitriles is 2.